The van der Waals surface area contributed by atoms with E-state index in [9.17, 15) is 14.9 Å². The molecule has 0 fully saturated rings. The first-order valence-corrected chi connectivity index (χ1v) is 7.00. The minimum absolute atomic E-state index is 0.261. The summed E-state index contributed by atoms with van der Waals surface area (Å²) in [5, 5.41) is 10.7. The van der Waals surface area contributed by atoms with Gasteiger partial charge in [-0.25, -0.2) is 4.79 Å². The van der Waals surface area contributed by atoms with Crippen LogP contribution in [0.2, 0.25) is 0 Å². The Labute approximate surface area is 127 Å². The fourth-order valence-corrected chi connectivity index (χ4v) is 2.17. The molecule has 0 N–H and O–H groups in total. The number of benzene rings is 1. The van der Waals surface area contributed by atoms with Gasteiger partial charge in [0.2, 0.25) is 6.33 Å². The molecule has 2 rings (SSSR count). The molecule has 0 aliphatic heterocycles. The third-order valence-corrected chi connectivity index (χ3v) is 3.24. The van der Waals surface area contributed by atoms with Gasteiger partial charge in [-0.05, 0) is 35.2 Å². The van der Waals surface area contributed by atoms with E-state index in [0.717, 1.165) is 5.56 Å². The van der Waals surface area contributed by atoms with Crippen molar-refractivity contribution in [1.82, 2.24) is 9.55 Å². The molecule has 0 radical (unpaired) electrons. The Morgan fingerprint density at radius 3 is 2.73 bits per heavy atom. The number of carbonyl (C=O) groups is 1. The van der Waals surface area contributed by atoms with Gasteiger partial charge in [-0.2, -0.15) is 0 Å². The number of rotatable bonds is 7. The second-order valence-electron chi connectivity index (χ2n) is 4.73. The van der Waals surface area contributed by atoms with Gasteiger partial charge in [-0.15, -0.1) is 0 Å². The molecule has 1 heterocycles. The maximum atomic E-state index is 12.1. The van der Waals surface area contributed by atoms with Gasteiger partial charge in [0.1, 0.15) is 12.2 Å². The lowest BCUT2D eigenvalue weighted by molar-refractivity contribution is -0.389. The summed E-state index contributed by atoms with van der Waals surface area (Å²) in [5.74, 6) is -0.695. The van der Waals surface area contributed by atoms with Gasteiger partial charge in [-0.1, -0.05) is 30.3 Å². The average Bonchev–Trinajstić information content (AvgIpc) is 2.99. The number of imidazole rings is 1. The Kier molecular flexibility index (Phi) is 5.24. The molecule has 0 spiro atoms. The standard InChI is InChI=1S/C15H17N3O4/c1-2-22-15(19)13(9-8-12-6-4-3-5-7-12)17-10-14(16-11-17)18(20)21/h3-7,10-11,13H,2,8-9H2,1H3/t13-/m0/s1. The molecule has 1 atom stereocenters. The van der Waals surface area contributed by atoms with Crippen LogP contribution in [-0.4, -0.2) is 27.1 Å². The van der Waals surface area contributed by atoms with Crippen molar-refractivity contribution in [1.29, 1.82) is 0 Å². The molecule has 2 aromatic rings. The van der Waals surface area contributed by atoms with Crippen LogP contribution in [0.25, 0.3) is 0 Å². The summed E-state index contributed by atoms with van der Waals surface area (Å²) in [6.45, 7) is 1.99. The van der Waals surface area contributed by atoms with E-state index < -0.39 is 16.9 Å². The zero-order chi connectivity index (χ0) is 15.9. The molecule has 7 heteroatoms. The van der Waals surface area contributed by atoms with Gasteiger partial charge in [0.15, 0.2) is 0 Å². The summed E-state index contributed by atoms with van der Waals surface area (Å²) in [6.07, 6.45) is 3.70. The summed E-state index contributed by atoms with van der Waals surface area (Å²) in [5.41, 5.74) is 1.09. The van der Waals surface area contributed by atoms with Crippen molar-refractivity contribution >= 4 is 11.8 Å². The van der Waals surface area contributed by atoms with Crippen molar-refractivity contribution < 1.29 is 14.5 Å². The number of hydrogen-bond donors (Lipinski definition) is 0. The topological polar surface area (TPSA) is 87.3 Å². The van der Waals surface area contributed by atoms with Gasteiger partial charge < -0.3 is 14.9 Å². The van der Waals surface area contributed by atoms with Gasteiger partial charge in [0.25, 0.3) is 0 Å². The predicted molar refractivity (Wildman–Crippen MR) is 79.3 cm³/mol. The summed E-state index contributed by atoms with van der Waals surface area (Å²) < 4.78 is 6.50. The van der Waals surface area contributed by atoms with Crippen LogP contribution < -0.4 is 0 Å². The molecule has 116 valence electrons. The zero-order valence-electron chi connectivity index (χ0n) is 12.2. The van der Waals surface area contributed by atoms with E-state index in [0.29, 0.717) is 12.8 Å². The predicted octanol–water partition coefficient (Wildman–Crippen LogP) is 2.53. The number of aromatic nitrogens is 2. The van der Waals surface area contributed by atoms with Crippen LogP contribution in [0.15, 0.2) is 42.9 Å². The van der Waals surface area contributed by atoms with E-state index >= 15 is 0 Å². The molecule has 7 nitrogen and oxygen atoms in total. The SMILES string of the molecule is CCOC(=O)[C@H](CCc1ccccc1)n1cnc([N+](=O)[O-])c1. The highest BCUT2D eigenvalue weighted by atomic mass is 16.6. The van der Waals surface area contributed by atoms with Crippen molar-refractivity contribution in [2.45, 2.75) is 25.8 Å². The van der Waals surface area contributed by atoms with Gasteiger partial charge in [0, 0.05) is 0 Å². The first kappa shape index (κ1) is 15.7. The molecule has 0 saturated heterocycles. The number of nitrogens with zero attached hydrogens (tertiary/aromatic N) is 3. The van der Waals surface area contributed by atoms with Crippen LogP contribution >= 0.6 is 0 Å². The maximum Gasteiger partial charge on any atom is 0.381 e. The number of aryl methyl sites for hydroxylation is 1. The van der Waals surface area contributed by atoms with Gasteiger partial charge in [0.05, 0.1) is 6.61 Å². The lowest BCUT2D eigenvalue weighted by Crippen LogP contribution is -2.21. The Hall–Kier alpha value is -2.70. The summed E-state index contributed by atoms with van der Waals surface area (Å²) >= 11 is 0. The highest BCUT2D eigenvalue weighted by Crippen LogP contribution is 2.20. The quantitative estimate of drug-likeness (QED) is 0.445. The second-order valence-corrected chi connectivity index (χ2v) is 4.73. The van der Waals surface area contributed by atoms with E-state index in [4.69, 9.17) is 4.74 Å². The molecule has 0 aliphatic carbocycles. The van der Waals surface area contributed by atoms with Crippen molar-refractivity contribution in [3.63, 3.8) is 0 Å². The number of ether oxygens (including phenoxy) is 1. The second kappa shape index (κ2) is 7.35. The summed E-state index contributed by atoms with van der Waals surface area (Å²) in [4.78, 5) is 25.9. The highest BCUT2D eigenvalue weighted by molar-refractivity contribution is 5.74. The molecule has 0 unspecified atom stereocenters. The summed E-state index contributed by atoms with van der Waals surface area (Å²) in [7, 11) is 0. The lowest BCUT2D eigenvalue weighted by atomic mass is 10.1. The first-order chi connectivity index (χ1) is 10.6. The smallest absolute Gasteiger partial charge is 0.381 e. The molecule has 0 aliphatic rings. The molecular formula is C15H17N3O4. The Balaban J connectivity index is 2.14. The van der Waals surface area contributed by atoms with Crippen LogP contribution in [0.4, 0.5) is 5.82 Å². The highest BCUT2D eigenvalue weighted by Gasteiger charge is 2.24. The van der Waals surface area contributed by atoms with Crippen LogP contribution in [0.1, 0.15) is 24.9 Å². The van der Waals surface area contributed by atoms with Gasteiger partial charge >= 0.3 is 11.8 Å². The molecule has 0 bridgehead atoms. The number of esters is 1. The first-order valence-electron chi connectivity index (χ1n) is 7.00. The van der Waals surface area contributed by atoms with E-state index in [-0.39, 0.29) is 12.4 Å². The van der Waals surface area contributed by atoms with Crippen LogP contribution in [0.3, 0.4) is 0 Å². The third-order valence-electron chi connectivity index (χ3n) is 3.24. The van der Waals surface area contributed by atoms with Crippen molar-refractivity contribution in [3.8, 4) is 0 Å². The largest absolute Gasteiger partial charge is 0.464 e. The van der Waals surface area contributed by atoms with Gasteiger partial charge in [-0.3, -0.25) is 4.57 Å². The van der Waals surface area contributed by atoms with E-state index in [1.165, 1.54) is 17.1 Å². The molecule has 0 saturated carbocycles. The Morgan fingerprint density at radius 2 is 2.14 bits per heavy atom. The normalized spacial score (nSPS) is 11.9. The molecule has 22 heavy (non-hydrogen) atoms. The minimum Gasteiger partial charge on any atom is -0.464 e. The molecule has 1 aromatic carbocycles. The van der Waals surface area contributed by atoms with Crippen LogP contribution in [0, 0.1) is 10.1 Å². The van der Waals surface area contributed by atoms with E-state index in [2.05, 4.69) is 4.98 Å². The van der Waals surface area contributed by atoms with Crippen molar-refractivity contribution in [2.24, 2.45) is 0 Å². The van der Waals surface area contributed by atoms with E-state index in [1.807, 2.05) is 30.3 Å². The number of nitro groups is 1. The molecule has 1 aromatic heterocycles. The minimum atomic E-state index is -0.624. The third kappa shape index (κ3) is 3.91. The number of hydrogen-bond acceptors (Lipinski definition) is 5. The van der Waals surface area contributed by atoms with Crippen molar-refractivity contribution in [3.05, 3.63) is 58.5 Å². The maximum absolute atomic E-state index is 12.1. The monoisotopic (exact) mass is 303 g/mol. The zero-order valence-corrected chi connectivity index (χ0v) is 12.2. The molecule has 0 amide bonds. The lowest BCUT2D eigenvalue weighted by Gasteiger charge is -2.15. The number of carbonyl (C=O) groups excluding carboxylic acids is 1. The Morgan fingerprint density at radius 1 is 1.41 bits per heavy atom. The average molecular weight is 303 g/mol. The fraction of sp³-hybridized carbons (Fsp3) is 0.333. The van der Waals surface area contributed by atoms with E-state index in [1.54, 1.807) is 6.92 Å². The van der Waals surface area contributed by atoms with Crippen LogP contribution in [-0.2, 0) is 16.0 Å². The molecular weight excluding hydrogens is 286 g/mol. The fourth-order valence-electron chi connectivity index (χ4n) is 2.17. The summed E-state index contributed by atoms with van der Waals surface area (Å²) in [6, 6.07) is 9.09. The van der Waals surface area contributed by atoms with Crippen molar-refractivity contribution in [2.75, 3.05) is 6.61 Å². The van der Waals surface area contributed by atoms with Crippen LogP contribution in [0.5, 0.6) is 0 Å². The Bertz CT molecular complexity index is 639.